The Morgan fingerprint density at radius 3 is 2.24 bits per heavy atom. The van der Waals surface area contributed by atoms with Gasteiger partial charge >= 0.3 is 25.1 Å². The Morgan fingerprint density at radius 2 is 1.70 bits per heavy atom. The molecule has 12 heteroatoms. The van der Waals surface area contributed by atoms with Crippen LogP contribution in [-0.4, -0.2) is 70.9 Å². The predicted molar refractivity (Wildman–Crippen MR) is 124 cm³/mol. The van der Waals surface area contributed by atoms with E-state index in [1.54, 1.807) is 19.1 Å². The monoisotopic (exact) mass is 467 g/mol. The molecule has 1 unspecified atom stereocenters. The van der Waals surface area contributed by atoms with E-state index in [2.05, 4.69) is 10.6 Å². The molecule has 1 aromatic carbocycles. The lowest BCUT2D eigenvalue weighted by atomic mass is 9.77. The summed E-state index contributed by atoms with van der Waals surface area (Å²) in [7, 11) is -0.140. The highest BCUT2D eigenvalue weighted by Crippen LogP contribution is 2.15. The molecule has 0 aliphatic carbocycles. The minimum Gasteiger partial charge on any atom is -0.481 e. The molecule has 0 bridgehead atoms. The zero-order valence-electron chi connectivity index (χ0n) is 19.5. The summed E-state index contributed by atoms with van der Waals surface area (Å²) in [6.07, 6.45) is 0.340. The molecule has 0 radical (unpaired) electrons. The van der Waals surface area contributed by atoms with E-state index in [-0.39, 0.29) is 50.0 Å². The van der Waals surface area contributed by atoms with Gasteiger partial charge in [0.25, 0.3) is 0 Å². The largest absolute Gasteiger partial charge is 0.488 e. The molecule has 0 aromatic heterocycles. The Bertz CT molecular complexity index is 804. The Balaban J connectivity index is 0.00000497. The van der Waals surface area contributed by atoms with Gasteiger partial charge in [-0.3, -0.25) is 9.59 Å². The minimum atomic E-state index is -1.67. The number of urea groups is 1. The van der Waals surface area contributed by atoms with Gasteiger partial charge in [-0.25, -0.2) is 9.59 Å². The number of carbonyl (C=O) groups is 4. The smallest absolute Gasteiger partial charge is 0.481 e. The van der Waals surface area contributed by atoms with Crippen LogP contribution in [0.3, 0.4) is 0 Å². The molecular weight excluding hydrogens is 433 g/mol. The first-order valence-electron chi connectivity index (χ1n) is 10.7. The lowest BCUT2D eigenvalue weighted by Crippen LogP contribution is -2.46. The standard InChI is InChI=1S/C19H28BN3O8.C2H6/c1-12-8-9-13(11-14(12)20(30)31)23(2)16(24)6-3-5-15(18(27)28)22-19(29)21-10-4-7-17(25)26;1-2/h8-9,11,15,30-31H,3-7,10H2,1-2H3,(H,25,26)(H,27,28)(H2,21,22,29);1-2H3. The fourth-order valence-corrected chi connectivity index (χ4v) is 2.79. The minimum absolute atomic E-state index is 0.0198. The highest BCUT2D eigenvalue weighted by atomic mass is 16.4. The molecule has 1 atom stereocenters. The number of amides is 3. The normalized spacial score (nSPS) is 10.8. The van der Waals surface area contributed by atoms with Gasteiger partial charge in [0.2, 0.25) is 5.91 Å². The predicted octanol–water partition coefficient (Wildman–Crippen LogP) is 0.451. The Morgan fingerprint density at radius 1 is 1.06 bits per heavy atom. The average molecular weight is 467 g/mol. The second kappa shape index (κ2) is 15.6. The van der Waals surface area contributed by atoms with Crippen LogP contribution in [0, 0.1) is 6.92 Å². The van der Waals surface area contributed by atoms with Crippen molar-refractivity contribution >= 4 is 42.1 Å². The third-order valence-corrected chi connectivity index (χ3v) is 4.64. The first-order valence-corrected chi connectivity index (χ1v) is 10.7. The van der Waals surface area contributed by atoms with Crippen LogP contribution >= 0.6 is 0 Å². The lowest BCUT2D eigenvalue weighted by molar-refractivity contribution is -0.139. The maximum atomic E-state index is 12.4. The van der Waals surface area contributed by atoms with Gasteiger partial charge in [0.05, 0.1) is 0 Å². The molecule has 1 aromatic rings. The number of carboxylic acids is 2. The van der Waals surface area contributed by atoms with E-state index in [4.69, 9.17) is 5.11 Å². The van der Waals surface area contributed by atoms with Gasteiger partial charge < -0.3 is 35.8 Å². The Labute approximate surface area is 193 Å². The fourth-order valence-electron chi connectivity index (χ4n) is 2.79. The van der Waals surface area contributed by atoms with Crippen LogP contribution in [0.25, 0.3) is 0 Å². The van der Waals surface area contributed by atoms with Crippen LogP contribution in [0.2, 0.25) is 0 Å². The van der Waals surface area contributed by atoms with Gasteiger partial charge in [-0.2, -0.15) is 0 Å². The zero-order chi connectivity index (χ0) is 25.6. The SMILES string of the molecule is CC.Cc1ccc(N(C)C(=O)CCCC(NC(=O)NCCCC(=O)O)C(=O)O)cc1B(O)O. The van der Waals surface area contributed by atoms with Crippen molar-refractivity contribution in [3.63, 3.8) is 0 Å². The summed E-state index contributed by atoms with van der Waals surface area (Å²) < 4.78 is 0. The molecule has 1 rings (SSSR count). The summed E-state index contributed by atoms with van der Waals surface area (Å²) in [6, 6.07) is 2.89. The first kappa shape index (κ1) is 29.9. The summed E-state index contributed by atoms with van der Waals surface area (Å²) in [4.78, 5) is 47.3. The fraction of sp³-hybridized carbons (Fsp3) is 0.524. The van der Waals surface area contributed by atoms with Crippen molar-refractivity contribution in [1.82, 2.24) is 10.6 Å². The molecule has 11 nitrogen and oxygen atoms in total. The number of carboxylic acid groups (broad SMARTS) is 2. The van der Waals surface area contributed by atoms with Crippen molar-refractivity contribution in [2.75, 3.05) is 18.5 Å². The van der Waals surface area contributed by atoms with Crippen molar-refractivity contribution in [3.05, 3.63) is 23.8 Å². The van der Waals surface area contributed by atoms with Crippen LogP contribution in [0.1, 0.15) is 51.5 Å². The van der Waals surface area contributed by atoms with Crippen molar-refractivity contribution in [1.29, 1.82) is 0 Å². The highest BCUT2D eigenvalue weighted by molar-refractivity contribution is 6.59. The van der Waals surface area contributed by atoms with Gasteiger partial charge in [-0.15, -0.1) is 0 Å². The number of anilines is 1. The third kappa shape index (κ3) is 11.4. The van der Waals surface area contributed by atoms with Gasteiger partial charge in [-0.05, 0) is 43.8 Å². The van der Waals surface area contributed by atoms with Crippen LogP contribution in [0.4, 0.5) is 10.5 Å². The molecule has 0 saturated carbocycles. The third-order valence-electron chi connectivity index (χ3n) is 4.64. The van der Waals surface area contributed by atoms with Crippen molar-refractivity contribution in [2.45, 2.75) is 58.9 Å². The molecule has 6 N–H and O–H groups in total. The molecule has 0 aliphatic heterocycles. The second-order valence-electron chi connectivity index (χ2n) is 7.05. The molecule has 33 heavy (non-hydrogen) atoms. The molecular formula is C21H34BN3O8. The lowest BCUT2D eigenvalue weighted by Gasteiger charge is -2.20. The van der Waals surface area contributed by atoms with Gasteiger partial charge in [0.1, 0.15) is 6.04 Å². The number of hydrogen-bond donors (Lipinski definition) is 6. The van der Waals surface area contributed by atoms with Crippen LogP contribution < -0.4 is 21.0 Å². The van der Waals surface area contributed by atoms with Crippen molar-refractivity contribution in [2.24, 2.45) is 0 Å². The number of benzene rings is 1. The quantitative estimate of drug-likeness (QED) is 0.190. The zero-order valence-corrected chi connectivity index (χ0v) is 19.5. The van der Waals surface area contributed by atoms with E-state index in [1.165, 1.54) is 18.0 Å². The van der Waals surface area contributed by atoms with E-state index in [0.29, 0.717) is 11.3 Å². The second-order valence-corrected chi connectivity index (χ2v) is 7.05. The summed E-state index contributed by atoms with van der Waals surface area (Å²) >= 11 is 0. The van der Waals surface area contributed by atoms with Crippen LogP contribution in [-0.2, 0) is 14.4 Å². The van der Waals surface area contributed by atoms with E-state index in [9.17, 15) is 34.3 Å². The van der Waals surface area contributed by atoms with Crippen molar-refractivity contribution < 1.29 is 39.4 Å². The molecule has 184 valence electrons. The molecule has 0 spiro atoms. The van der Waals surface area contributed by atoms with Gasteiger partial charge in [0.15, 0.2) is 0 Å². The van der Waals surface area contributed by atoms with Gasteiger partial charge in [-0.1, -0.05) is 25.5 Å². The maximum Gasteiger partial charge on any atom is 0.488 e. The van der Waals surface area contributed by atoms with Crippen LogP contribution in [0.15, 0.2) is 18.2 Å². The molecule has 0 aliphatic rings. The molecule has 0 heterocycles. The number of rotatable bonds is 12. The Kier molecular flexibility index (Phi) is 14.2. The number of carbonyl (C=O) groups excluding carboxylic acids is 2. The summed E-state index contributed by atoms with van der Waals surface area (Å²) in [6.45, 7) is 5.80. The number of nitrogens with one attached hydrogen (secondary N) is 2. The van der Waals surface area contributed by atoms with E-state index >= 15 is 0 Å². The van der Waals surface area contributed by atoms with Crippen LogP contribution in [0.5, 0.6) is 0 Å². The molecule has 0 fully saturated rings. The maximum absolute atomic E-state index is 12.4. The Hall–Kier alpha value is -3.12. The summed E-state index contributed by atoms with van der Waals surface area (Å²) in [5.41, 5.74) is 1.41. The van der Waals surface area contributed by atoms with Crippen molar-refractivity contribution in [3.8, 4) is 0 Å². The molecule has 3 amide bonds. The van der Waals surface area contributed by atoms with E-state index < -0.39 is 31.1 Å². The number of nitrogens with zero attached hydrogens (tertiary/aromatic N) is 1. The van der Waals surface area contributed by atoms with E-state index in [0.717, 1.165) is 0 Å². The number of aliphatic carboxylic acids is 2. The number of aryl methyl sites for hydroxylation is 1. The highest BCUT2D eigenvalue weighted by Gasteiger charge is 2.21. The number of hydrogen-bond acceptors (Lipinski definition) is 6. The average Bonchev–Trinajstić information content (AvgIpc) is 2.76. The van der Waals surface area contributed by atoms with Gasteiger partial charge in [0, 0.05) is 32.1 Å². The van der Waals surface area contributed by atoms with E-state index in [1.807, 2.05) is 13.8 Å². The summed E-state index contributed by atoms with van der Waals surface area (Å²) in [5, 5.41) is 41.3. The first-order chi connectivity index (χ1) is 15.5. The topological polar surface area (TPSA) is 176 Å². The summed E-state index contributed by atoms with van der Waals surface area (Å²) in [5.74, 6) is -2.54. The molecule has 0 saturated heterocycles.